The molecule has 1 saturated heterocycles. The lowest BCUT2D eigenvalue weighted by molar-refractivity contribution is -0.120. The van der Waals surface area contributed by atoms with Crippen molar-refractivity contribution in [2.45, 2.75) is 6.54 Å². The third-order valence-electron chi connectivity index (χ3n) is 4.78. The first kappa shape index (κ1) is 18.2. The number of amides is 1. The lowest BCUT2D eigenvalue weighted by Gasteiger charge is -2.33. The van der Waals surface area contributed by atoms with E-state index in [-0.39, 0.29) is 11.7 Å². The Bertz CT molecular complexity index is 740. The number of nitrogens with two attached hydrogens (primary N) is 1. The van der Waals surface area contributed by atoms with E-state index >= 15 is 0 Å². The minimum absolute atomic E-state index is 0.0163. The van der Waals surface area contributed by atoms with Crippen LogP contribution in [0.1, 0.15) is 5.56 Å². The van der Waals surface area contributed by atoms with Crippen LogP contribution in [0.2, 0.25) is 0 Å². The Kier molecular flexibility index (Phi) is 5.75. The number of phenolic OH excluding ortho intramolecular Hbond substituents is 1. The SMILES string of the molecule is CN1CCN(CC(=O)N(Cc2ccccc2O)c2ccc(N)cc2)CC1. The highest BCUT2D eigenvalue weighted by molar-refractivity contribution is 5.95. The molecule has 1 aliphatic rings. The van der Waals surface area contributed by atoms with Crippen molar-refractivity contribution in [1.29, 1.82) is 0 Å². The van der Waals surface area contributed by atoms with E-state index in [0.717, 1.165) is 37.4 Å². The summed E-state index contributed by atoms with van der Waals surface area (Å²) in [4.78, 5) is 19.2. The van der Waals surface area contributed by atoms with E-state index in [1.165, 1.54) is 0 Å². The van der Waals surface area contributed by atoms with Gasteiger partial charge in [-0.05, 0) is 37.4 Å². The van der Waals surface area contributed by atoms with Crippen LogP contribution in [-0.4, -0.2) is 60.6 Å². The first-order valence-electron chi connectivity index (χ1n) is 8.86. The molecule has 3 N–H and O–H groups in total. The number of nitrogen functional groups attached to an aromatic ring is 1. The molecule has 6 nitrogen and oxygen atoms in total. The summed E-state index contributed by atoms with van der Waals surface area (Å²) < 4.78 is 0. The number of carbonyl (C=O) groups is 1. The first-order chi connectivity index (χ1) is 12.5. The minimum Gasteiger partial charge on any atom is -0.508 e. The fourth-order valence-corrected chi connectivity index (χ4v) is 3.08. The van der Waals surface area contributed by atoms with Crippen molar-refractivity contribution in [2.75, 3.05) is 50.4 Å². The number of anilines is 2. The number of likely N-dealkylation sites (N-methyl/N-ethyl adjacent to an activating group) is 1. The maximum Gasteiger partial charge on any atom is 0.241 e. The average molecular weight is 354 g/mol. The molecule has 1 amide bonds. The number of aromatic hydroxyl groups is 1. The van der Waals surface area contributed by atoms with E-state index in [9.17, 15) is 9.90 Å². The number of hydrogen-bond acceptors (Lipinski definition) is 5. The highest BCUT2D eigenvalue weighted by Gasteiger charge is 2.22. The van der Waals surface area contributed by atoms with E-state index in [4.69, 9.17) is 5.73 Å². The third kappa shape index (κ3) is 4.53. The highest BCUT2D eigenvalue weighted by Crippen LogP contribution is 2.23. The van der Waals surface area contributed by atoms with Crippen LogP contribution in [-0.2, 0) is 11.3 Å². The number of carbonyl (C=O) groups excluding carboxylic acids is 1. The molecule has 0 aromatic heterocycles. The van der Waals surface area contributed by atoms with Crippen LogP contribution in [0.4, 0.5) is 11.4 Å². The van der Waals surface area contributed by atoms with E-state index in [0.29, 0.717) is 18.8 Å². The molecule has 1 fully saturated rings. The van der Waals surface area contributed by atoms with E-state index in [1.807, 2.05) is 24.3 Å². The molecule has 0 saturated carbocycles. The van der Waals surface area contributed by atoms with Gasteiger partial charge in [0.15, 0.2) is 0 Å². The Morgan fingerprint density at radius 3 is 2.38 bits per heavy atom. The molecule has 0 bridgehead atoms. The second-order valence-electron chi connectivity index (χ2n) is 6.78. The summed E-state index contributed by atoms with van der Waals surface area (Å²) >= 11 is 0. The second-order valence-corrected chi connectivity index (χ2v) is 6.78. The number of para-hydroxylation sites is 1. The van der Waals surface area contributed by atoms with Crippen LogP contribution in [0.25, 0.3) is 0 Å². The Morgan fingerprint density at radius 1 is 1.08 bits per heavy atom. The van der Waals surface area contributed by atoms with Crippen LogP contribution in [0, 0.1) is 0 Å². The fraction of sp³-hybridized carbons (Fsp3) is 0.350. The molecule has 2 aromatic rings. The van der Waals surface area contributed by atoms with Crippen LogP contribution in [0.3, 0.4) is 0 Å². The van der Waals surface area contributed by atoms with Gasteiger partial charge in [0.05, 0.1) is 13.1 Å². The molecular formula is C20H26N4O2. The molecule has 0 aliphatic carbocycles. The summed E-state index contributed by atoms with van der Waals surface area (Å²) in [6, 6.07) is 14.4. The number of piperazine rings is 1. The van der Waals surface area contributed by atoms with Gasteiger partial charge in [0.2, 0.25) is 5.91 Å². The zero-order valence-corrected chi connectivity index (χ0v) is 15.1. The highest BCUT2D eigenvalue weighted by atomic mass is 16.3. The smallest absolute Gasteiger partial charge is 0.241 e. The van der Waals surface area contributed by atoms with Gasteiger partial charge in [0.25, 0.3) is 0 Å². The molecule has 3 rings (SSSR count). The van der Waals surface area contributed by atoms with Gasteiger partial charge < -0.3 is 20.6 Å². The van der Waals surface area contributed by atoms with Crippen molar-refractivity contribution >= 4 is 17.3 Å². The lowest BCUT2D eigenvalue weighted by Crippen LogP contribution is -2.48. The van der Waals surface area contributed by atoms with Gasteiger partial charge >= 0.3 is 0 Å². The molecule has 0 spiro atoms. The van der Waals surface area contributed by atoms with Crippen LogP contribution in [0.5, 0.6) is 5.75 Å². The lowest BCUT2D eigenvalue weighted by atomic mass is 10.1. The van der Waals surface area contributed by atoms with E-state index in [2.05, 4.69) is 16.8 Å². The number of benzene rings is 2. The zero-order chi connectivity index (χ0) is 18.5. The van der Waals surface area contributed by atoms with Gasteiger partial charge in [-0.1, -0.05) is 18.2 Å². The molecule has 0 radical (unpaired) electrons. The summed E-state index contributed by atoms with van der Waals surface area (Å²) in [5, 5.41) is 10.1. The summed E-state index contributed by atoms with van der Waals surface area (Å²) in [5.74, 6) is 0.211. The van der Waals surface area contributed by atoms with Gasteiger partial charge in [0, 0.05) is 43.1 Å². The van der Waals surface area contributed by atoms with Crippen molar-refractivity contribution < 1.29 is 9.90 Å². The Balaban J connectivity index is 1.79. The molecule has 2 aromatic carbocycles. The van der Waals surface area contributed by atoms with Crippen molar-refractivity contribution in [3.8, 4) is 5.75 Å². The predicted molar refractivity (Wildman–Crippen MR) is 104 cm³/mol. The number of hydrogen-bond donors (Lipinski definition) is 2. The molecule has 6 heteroatoms. The summed E-state index contributed by atoms with van der Waals surface area (Å²) in [5.41, 5.74) is 7.94. The quantitative estimate of drug-likeness (QED) is 0.801. The standard InChI is InChI=1S/C20H26N4O2/c1-22-10-12-23(13-11-22)15-20(26)24(18-8-6-17(21)7-9-18)14-16-4-2-3-5-19(16)25/h2-9,25H,10-15,21H2,1H3. The largest absolute Gasteiger partial charge is 0.508 e. The predicted octanol–water partition coefficient (Wildman–Crippen LogP) is 1.75. The van der Waals surface area contributed by atoms with Crippen molar-refractivity contribution in [1.82, 2.24) is 9.80 Å². The topological polar surface area (TPSA) is 73.0 Å². The van der Waals surface area contributed by atoms with Gasteiger partial charge in [-0.2, -0.15) is 0 Å². The Labute approximate surface area is 154 Å². The number of rotatable bonds is 5. The van der Waals surface area contributed by atoms with Crippen molar-refractivity contribution in [2.24, 2.45) is 0 Å². The first-order valence-corrected chi connectivity index (χ1v) is 8.86. The Morgan fingerprint density at radius 2 is 1.73 bits per heavy atom. The zero-order valence-electron chi connectivity index (χ0n) is 15.1. The second kappa shape index (κ2) is 8.21. The van der Waals surface area contributed by atoms with Crippen LogP contribution < -0.4 is 10.6 Å². The van der Waals surface area contributed by atoms with Crippen LogP contribution >= 0.6 is 0 Å². The summed E-state index contributed by atoms with van der Waals surface area (Å²) in [6.07, 6.45) is 0. The van der Waals surface area contributed by atoms with E-state index < -0.39 is 0 Å². The third-order valence-corrected chi connectivity index (χ3v) is 4.78. The number of phenols is 1. The van der Waals surface area contributed by atoms with Crippen LogP contribution in [0.15, 0.2) is 48.5 Å². The normalized spacial score (nSPS) is 15.7. The average Bonchev–Trinajstić information content (AvgIpc) is 2.64. The molecule has 26 heavy (non-hydrogen) atoms. The van der Waals surface area contributed by atoms with Gasteiger partial charge in [-0.3, -0.25) is 9.69 Å². The maximum absolute atomic E-state index is 13.1. The molecule has 0 atom stereocenters. The van der Waals surface area contributed by atoms with Crippen molar-refractivity contribution in [3.05, 3.63) is 54.1 Å². The van der Waals surface area contributed by atoms with Gasteiger partial charge in [-0.25, -0.2) is 0 Å². The molecular weight excluding hydrogens is 328 g/mol. The number of nitrogens with zero attached hydrogens (tertiary/aromatic N) is 3. The molecule has 1 aliphatic heterocycles. The van der Waals surface area contributed by atoms with E-state index in [1.54, 1.807) is 29.2 Å². The maximum atomic E-state index is 13.1. The monoisotopic (exact) mass is 354 g/mol. The summed E-state index contributed by atoms with van der Waals surface area (Å²) in [7, 11) is 2.10. The minimum atomic E-state index is 0.0163. The molecule has 0 unspecified atom stereocenters. The molecule has 138 valence electrons. The van der Waals surface area contributed by atoms with Gasteiger partial charge in [0.1, 0.15) is 5.75 Å². The van der Waals surface area contributed by atoms with Gasteiger partial charge in [-0.15, -0.1) is 0 Å². The summed E-state index contributed by atoms with van der Waals surface area (Å²) in [6.45, 7) is 4.39. The van der Waals surface area contributed by atoms with Crippen molar-refractivity contribution in [3.63, 3.8) is 0 Å². The molecule has 1 heterocycles. The Hall–Kier alpha value is -2.57. The fourth-order valence-electron chi connectivity index (χ4n) is 3.08.